The molecule has 3 rings (SSSR count). The Labute approximate surface area is 139 Å². The predicted octanol–water partition coefficient (Wildman–Crippen LogP) is 3.52. The van der Waals surface area contributed by atoms with E-state index in [1.165, 1.54) is 0 Å². The van der Waals surface area contributed by atoms with Gasteiger partial charge in [0.25, 0.3) is 0 Å². The van der Waals surface area contributed by atoms with Crippen LogP contribution in [-0.2, 0) is 9.53 Å². The maximum absolute atomic E-state index is 12.0. The van der Waals surface area contributed by atoms with Gasteiger partial charge >= 0.3 is 5.97 Å². The van der Waals surface area contributed by atoms with Crippen LogP contribution in [0.5, 0.6) is 0 Å². The van der Waals surface area contributed by atoms with Crippen molar-refractivity contribution in [1.82, 2.24) is 9.97 Å². The average Bonchev–Trinajstić information content (AvgIpc) is 3.03. The van der Waals surface area contributed by atoms with Gasteiger partial charge in [-0.1, -0.05) is 18.2 Å². The molecule has 0 fully saturated rings. The smallest absolute Gasteiger partial charge is 0.306 e. The van der Waals surface area contributed by atoms with Crippen LogP contribution in [0.1, 0.15) is 36.1 Å². The number of H-pyrrole nitrogens is 1. The molecule has 0 amide bonds. The Hall–Kier alpha value is -3.13. The Morgan fingerprint density at radius 3 is 2.96 bits per heavy atom. The van der Waals surface area contributed by atoms with Gasteiger partial charge in [-0.3, -0.25) is 9.78 Å². The lowest BCUT2D eigenvalue weighted by Gasteiger charge is -2.16. The van der Waals surface area contributed by atoms with Gasteiger partial charge in [0.2, 0.25) is 0 Å². The normalized spacial score (nSPS) is 11.8. The van der Waals surface area contributed by atoms with E-state index in [1.807, 2.05) is 36.4 Å². The summed E-state index contributed by atoms with van der Waals surface area (Å²) < 4.78 is 5.11. The van der Waals surface area contributed by atoms with Gasteiger partial charge in [-0.2, -0.15) is 5.26 Å². The zero-order chi connectivity index (χ0) is 16.9. The summed E-state index contributed by atoms with van der Waals surface area (Å²) in [5, 5.41) is 9.99. The number of carbonyl (C=O) groups is 1. The molecule has 2 heterocycles. The van der Waals surface area contributed by atoms with Crippen molar-refractivity contribution in [3.8, 4) is 6.07 Å². The maximum atomic E-state index is 12.0. The Kier molecular flexibility index (Phi) is 4.57. The molecule has 1 unspecified atom stereocenters. The van der Waals surface area contributed by atoms with Gasteiger partial charge in [-0.15, -0.1) is 0 Å². The van der Waals surface area contributed by atoms with Crippen molar-refractivity contribution in [2.45, 2.75) is 19.3 Å². The zero-order valence-electron chi connectivity index (χ0n) is 13.3. The molecule has 1 aromatic carbocycles. The van der Waals surface area contributed by atoms with Crippen LogP contribution in [0.4, 0.5) is 0 Å². The summed E-state index contributed by atoms with van der Waals surface area (Å²) in [6.45, 7) is 2.15. The van der Waals surface area contributed by atoms with Gasteiger partial charge in [0.1, 0.15) is 6.07 Å². The largest absolute Gasteiger partial charge is 0.466 e. The fourth-order valence-electron chi connectivity index (χ4n) is 2.81. The van der Waals surface area contributed by atoms with E-state index in [-0.39, 0.29) is 18.3 Å². The summed E-state index contributed by atoms with van der Waals surface area (Å²) in [6.07, 6.45) is 3.63. The minimum atomic E-state index is -0.252. The lowest BCUT2D eigenvalue weighted by atomic mass is 9.91. The number of esters is 1. The number of rotatable bonds is 5. The van der Waals surface area contributed by atoms with Crippen LogP contribution in [0.25, 0.3) is 10.9 Å². The number of carbonyl (C=O) groups excluding carboxylic acids is 1. The molecule has 2 aromatic heterocycles. The van der Waals surface area contributed by atoms with Crippen LogP contribution in [0.15, 0.2) is 48.8 Å². The molecule has 1 N–H and O–H groups in total. The monoisotopic (exact) mass is 319 g/mol. The number of aromatic amines is 1. The highest BCUT2D eigenvalue weighted by molar-refractivity contribution is 5.86. The number of nitrogens with one attached hydrogen (secondary N) is 1. The summed E-state index contributed by atoms with van der Waals surface area (Å²) in [5.41, 5.74) is 3.25. The first kappa shape index (κ1) is 15.8. The number of benzene rings is 1. The number of nitriles is 1. The van der Waals surface area contributed by atoms with E-state index in [9.17, 15) is 4.79 Å². The van der Waals surface area contributed by atoms with E-state index in [1.54, 1.807) is 19.3 Å². The average molecular weight is 319 g/mol. The first-order chi connectivity index (χ1) is 11.7. The second-order valence-electron chi connectivity index (χ2n) is 5.44. The van der Waals surface area contributed by atoms with Gasteiger partial charge < -0.3 is 9.72 Å². The zero-order valence-corrected chi connectivity index (χ0v) is 13.3. The Balaban J connectivity index is 2.01. The van der Waals surface area contributed by atoms with Gasteiger partial charge in [-0.25, -0.2) is 0 Å². The SMILES string of the molecule is CCOC(=O)CC(c1ccc2c(C#N)c[nH]c2c1)c1ccccn1. The third kappa shape index (κ3) is 3.13. The summed E-state index contributed by atoms with van der Waals surface area (Å²) in [5.74, 6) is -0.444. The van der Waals surface area contributed by atoms with Crippen molar-refractivity contribution in [1.29, 1.82) is 5.26 Å². The van der Waals surface area contributed by atoms with E-state index in [4.69, 9.17) is 10.00 Å². The lowest BCUT2D eigenvalue weighted by Crippen LogP contribution is -2.12. The Bertz CT molecular complexity index is 894. The van der Waals surface area contributed by atoms with Crippen molar-refractivity contribution >= 4 is 16.9 Å². The van der Waals surface area contributed by atoms with Gasteiger partial charge in [-0.05, 0) is 30.7 Å². The highest BCUT2D eigenvalue weighted by Crippen LogP contribution is 2.30. The third-order valence-corrected chi connectivity index (χ3v) is 3.95. The van der Waals surface area contributed by atoms with Crippen LogP contribution in [0.3, 0.4) is 0 Å². The molecule has 5 heteroatoms. The van der Waals surface area contributed by atoms with Crippen molar-refractivity contribution < 1.29 is 9.53 Å². The molecular formula is C19H17N3O2. The van der Waals surface area contributed by atoms with Crippen LogP contribution < -0.4 is 0 Å². The van der Waals surface area contributed by atoms with E-state index in [0.717, 1.165) is 22.2 Å². The molecule has 0 radical (unpaired) electrons. The van der Waals surface area contributed by atoms with Crippen LogP contribution >= 0.6 is 0 Å². The summed E-state index contributed by atoms with van der Waals surface area (Å²) in [6, 6.07) is 13.6. The topological polar surface area (TPSA) is 78.8 Å². The molecule has 5 nitrogen and oxygen atoms in total. The van der Waals surface area contributed by atoms with Crippen LogP contribution in [0.2, 0.25) is 0 Å². The first-order valence-electron chi connectivity index (χ1n) is 7.80. The minimum absolute atomic E-state index is 0.191. The van der Waals surface area contributed by atoms with E-state index in [0.29, 0.717) is 12.2 Å². The fourth-order valence-corrected chi connectivity index (χ4v) is 2.81. The molecule has 0 bridgehead atoms. The fraction of sp³-hybridized carbons (Fsp3) is 0.211. The number of nitrogens with zero attached hydrogens (tertiary/aromatic N) is 2. The molecule has 0 aliphatic heterocycles. The first-order valence-corrected chi connectivity index (χ1v) is 7.80. The molecule has 0 spiro atoms. The number of hydrogen-bond donors (Lipinski definition) is 1. The highest BCUT2D eigenvalue weighted by atomic mass is 16.5. The second-order valence-corrected chi connectivity index (χ2v) is 5.44. The second kappa shape index (κ2) is 6.97. The van der Waals surface area contributed by atoms with E-state index < -0.39 is 0 Å². The molecule has 0 aliphatic carbocycles. The Morgan fingerprint density at radius 1 is 1.38 bits per heavy atom. The number of ether oxygens (including phenoxy) is 1. The summed E-state index contributed by atoms with van der Waals surface area (Å²) in [4.78, 5) is 19.5. The Morgan fingerprint density at radius 2 is 2.25 bits per heavy atom. The van der Waals surface area contributed by atoms with Crippen molar-refractivity contribution in [2.24, 2.45) is 0 Å². The molecule has 120 valence electrons. The van der Waals surface area contributed by atoms with Crippen LogP contribution in [0, 0.1) is 11.3 Å². The molecule has 3 aromatic rings. The van der Waals surface area contributed by atoms with Crippen molar-refractivity contribution in [2.75, 3.05) is 6.61 Å². The maximum Gasteiger partial charge on any atom is 0.306 e. The molecule has 0 aliphatic rings. The molecule has 24 heavy (non-hydrogen) atoms. The van der Waals surface area contributed by atoms with Crippen molar-refractivity contribution in [3.63, 3.8) is 0 Å². The number of pyridine rings is 1. The summed E-state index contributed by atoms with van der Waals surface area (Å²) >= 11 is 0. The number of aromatic nitrogens is 2. The summed E-state index contributed by atoms with van der Waals surface area (Å²) in [7, 11) is 0. The standard InChI is InChI=1S/C19H17N3O2/c1-2-24-19(23)10-16(17-5-3-4-8-21-17)13-6-7-15-14(11-20)12-22-18(15)9-13/h3-9,12,16,22H,2,10H2,1H3. The third-order valence-electron chi connectivity index (χ3n) is 3.95. The van der Waals surface area contributed by atoms with Crippen molar-refractivity contribution in [3.05, 3.63) is 65.6 Å². The van der Waals surface area contributed by atoms with E-state index in [2.05, 4.69) is 16.0 Å². The highest BCUT2D eigenvalue weighted by Gasteiger charge is 2.21. The quantitative estimate of drug-likeness (QED) is 0.730. The molecule has 1 atom stereocenters. The van der Waals surface area contributed by atoms with Gasteiger partial charge in [0.15, 0.2) is 0 Å². The van der Waals surface area contributed by atoms with Gasteiger partial charge in [0.05, 0.1) is 18.6 Å². The molecule has 0 saturated carbocycles. The van der Waals surface area contributed by atoms with E-state index >= 15 is 0 Å². The molecular weight excluding hydrogens is 302 g/mol. The van der Waals surface area contributed by atoms with Gasteiger partial charge in [0, 0.05) is 34.9 Å². The number of fused-ring (bicyclic) bond motifs is 1. The minimum Gasteiger partial charge on any atom is -0.466 e. The lowest BCUT2D eigenvalue weighted by molar-refractivity contribution is -0.143. The number of hydrogen-bond acceptors (Lipinski definition) is 4. The van der Waals surface area contributed by atoms with Crippen LogP contribution in [-0.4, -0.2) is 22.5 Å². The molecule has 0 saturated heterocycles. The predicted molar refractivity (Wildman–Crippen MR) is 90.3 cm³/mol.